The lowest BCUT2D eigenvalue weighted by atomic mass is 10.0. The maximum absolute atomic E-state index is 5.97. The third kappa shape index (κ3) is 3.88. The van der Waals surface area contributed by atoms with E-state index in [4.69, 9.17) is 10.5 Å². The fourth-order valence-corrected chi connectivity index (χ4v) is 2.94. The predicted octanol–water partition coefficient (Wildman–Crippen LogP) is 4.18. The molecule has 0 fully saturated rings. The summed E-state index contributed by atoms with van der Waals surface area (Å²) >= 11 is 0. The van der Waals surface area contributed by atoms with Crippen molar-refractivity contribution in [2.24, 2.45) is 5.73 Å². The molecule has 3 N–H and O–H groups in total. The largest absolute Gasteiger partial charge is 0.489 e. The molecule has 4 rings (SSSR count). The summed E-state index contributed by atoms with van der Waals surface area (Å²) in [6.45, 7) is 1.06. The summed E-state index contributed by atoms with van der Waals surface area (Å²) in [6, 6.07) is 20.1. The average Bonchev–Trinajstić information content (AvgIpc) is 3.23. The highest BCUT2D eigenvalue weighted by atomic mass is 16.5. The van der Waals surface area contributed by atoms with Crippen molar-refractivity contribution >= 4 is 0 Å². The first-order valence-electron chi connectivity index (χ1n) is 8.78. The van der Waals surface area contributed by atoms with Gasteiger partial charge in [0.15, 0.2) is 0 Å². The van der Waals surface area contributed by atoms with Crippen LogP contribution in [0.4, 0.5) is 0 Å². The van der Waals surface area contributed by atoms with Gasteiger partial charge in [0.1, 0.15) is 12.4 Å². The molecule has 2 aromatic carbocycles. The van der Waals surface area contributed by atoms with Crippen LogP contribution in [-0.4, -0.2) is 15.2 Å². The molecule has 134 valence electrons. The Morgan fingerprint density at radius 2 is 1.67 bits per heavy atom. The number of hydrogen-bond acceptors (Lipinski definition) is 4. The zero-order chi connectivity index (χ0) is 18.5. The molecule has 0 unspecified atom stereocenters. The molecule has 27 heavy (non-hydrogen) atoms. The number of benzene rings is 2. The Hall–Kier alpha value is -3.44. The van der Waals surface area contributed by atoms with E-state index in [0.717, 1.165) is 39.3 Å². The van der Waals surface area contributed by atoms with Crippen molar-refractivity contribution in [3.63, 3.8) is 0 Å². The second-order valence-corrected chi connectivity index (χ2v) is 6.23. The number of H-pyrrole nitrogens is 1. The van der Waals surface area contributed by atoms with Gasteiger partial charge < -0.3 is 10.5 Å². The smallest absolute Gasteiger partial charge is 0.120 e. The van der Waals surface area contributed by atoms with Crippen LogP contribution in [0.15, 0.2) is 79.3 Å². The van der Waals surface area contributed by atoms with E-state index in [-0.39, 0.29) is 0 Å². The second kappa shape index (κ2) is 7.85. The molecule has 4 aromatic rings. The first-order chi connectivity index (χ1) is 13.3. The summed E-state index contributed by atoms with van der Waals surface area (Å²) in [5.74, 6) is 0.811. The summed E-state index contributed by atoms with van der Waals surface area (Å²) < 4.78 is 5.97. The Morgan fingerprint density at radius 3 is 2.44 bits per heavy atom. The minimum Gasteiger partial charge on any atom is -0.489 e. The number of pyridine rings is 1. The van der Waals surface area contributed by atoms with Gasteiger partial charge >= 0.3 is 0 Å². The summed E-state index contributed by atoms with van der Waals surface area (Å²) in [7, 11) is 0. The number of rotatable bonds is 6. The maximum atomic E-state index is 5.97. The van der Waals surface area contributed by atoms with Crippen LogP contribution < -0.4 is 10.5 Å². The van der Waals surface area contributed by atoms with Gasteiger partial charge in [-0.3, -0.25) is 10.1 Å². The first kappa shape index (κ1) is 17.0. The Labute approximate surface area is 157 Å². The average molecular weight is 356 g/mol. The summed E-state index contributed by atoms with van der Waals surface area (Å²) in [6.07, 6.45) is 5.39. The van der Waals surface area contributed by atoms with Gasteiger partial charge in [-0.05, 0) is 41.0 Å². The lowest BCUT2D eigenvalue weighted by Crippen LogP contribution is -1.98. The van der Waals surface area contributed by atoms with Crippen molar-refractivity contribution in [3.8, 4) is 28.1 Å². The Bertz CT molecular complexity index is 1010. The van der Waals surface area contributed by atoms with Crippen LogP contribution >= 0.6 is 0 Å². The van der Waals surface area contributed by atoms with E-state index in [2.05, 4.69) is 15.2 Å². The molecule has 5 heteroatoms. The monoisotopic (exact) mass is 356 g/mol. The highest BCUT2D eigenvalue weighted by molar-refractivity contribution is 5.80. The topological polar surface area (TPSA) is 76.8 Å². The van der Waals surface area contributed by atoms with E-state index in [1.54, 1.807) is 12.4 Å². The van der Waals surface area contributed by atoms with Crippen LogP contribution in [0.2, 0.25) is 0 Å². The van der Waals surface area contributed by atoms with Gasteiger partial charge in [-0.15, -0.1) is 0 Å². The van der Waals surface area contributed by atoms with Crippen LogP contribution in [-0.2, 0) is 13.2 Å². The van der Waals surface area contributed by atoms with Gasteiger partial charge in [0.2, 0.25) is 0 Å². The molecule has 0 radical (unpaired) electrons. The second-order valence-electron chi connectivity index (χ2n) is 6.23. The van der Waals surface area contributed by atoms with Gasteiger partial charge in [0, 0.05) is 30.1 Å². The molecular weight excluding hydrogens is 336 g/mol. The first-order valence-corrected chi connectivity index (χ1v) is 8.78. The van der Waals surface area contributed by atoms with Crippen molar-refractivity contribution in [1.82, 2.24) is 15.2 Å². The van der Waals surface area contributed by atoms with Gasteiger partial charge in [-0.1, -0.05) is 36.4 Å². The lowest BCUT2D eigenvalue weighted by molar-refractivity contribution is 0.306. The maximum Gasteiger partial charge on any atom is 0.120 e. The van der Waals surface area contributed by atoms with Crippen LogP contribution in [0.5, 0.6) is 5.75 Å². The molecule has 2 heterocycles. The normalized spacial score (nSPS) is 10.7. The third-order valence-corrected chi connectivity index (χ3v) is 4.42. The van der Waals surface area contributed by atoms with Gasteiger partial charge in [0.05, 0.1) is 11.9 Å². The number of hydrogen-bond donors (Lipinski definition) is 2. The van der Waals surface area contributed by atoms with E-state index in [0.29, 0.717) is 13.2 Å². The quantitative estimate of drug-likeness (QED) is 0.543. The Balaban J connectivity index is 1.54. The fourth-order valence-electron chi connectivity index (χ4n) is 2.94. The summed E-state index contributed by atoms with van der Waals surface area (Å²) in [5, 5.41) is 7.31. The van der Waals surface area contributed by atoms with Crippen LogP contribution in [0.1, 0.15) is 11.1 Å². The van der Waals surface area contributed by atoms with E-state index < -0.39 is 0 Å². The molecule has 0 saturated carbocycles. The van der Waals surface area contributed by atoms with E-state index in [1.807, 2.05) is 66.9 Å². The highest BCUT2D eigenvalue weighted by Gasteiger charge is 2.10. The zero-order valence-electron chi connectivity index (χ0n) is 14.8. The SMILES string of the molecule is NCc1ccc(COc2cccc(-c3[nH]ncc3-c3ccncc3)c2)cc1. The Morgan fingerprint density at radius 1 is 0.889 bits per heavy atom. The van der Waals surface area contributed by atoms with E-state index in [9.17, 15) is 0 Å². The molecule has 0 amide bonds. The van der Waals surface area contributed by atoms with Crippen molar-refractivity contribution in [2.45, 2.75) is 13.2 Å². The van der Waals surface area contributed by atoms with Gasteiger partial charge in [0.25, 0.3) is 0 Å². The molecule has 2 aromatic heterocycles. The Kier molecular flexibility index (Phi) is 4.94. The third-order valence-electron chi connectivity index (χ3n) is 4.42. The van der Waals surface area contributed by atoms with Crippen molar-refractivity contribution in [1.29, 1.82) is 0 Å². The predicted molar refractivity (Wildman–Crippen MR) is 106 cm³/mol. The van der Waals surface area contributed by atoms with E-state index in [1.165, 1.54) is 0 Å². The molecule has 0 saturated heterocycles. The molecular formula is C22H20N4O. The van der Waals surface area contributed by atoms with Crippen LogP contribution in [0.25, 0.3) is 22.4 Å². The highest BCUT2D eigenvalue weighted by Crippen LogP contribution is 2.31. The standard InChI is InChI=1S/C22H20N4O/c23-13-16-4-6-17(7-5-16)15-27-20-3-1-2-19(12-20)22-21(14-25-26-22)18-8-10-24-11-9-18/h1-12,14H,13,15,23H2,(H,25,26). The molecule has 0 aliphatic heterocycles. The molecule has 0 bridgehead atoms. The van der Waals surface area contributed by atoms with E-state index >= 15 is 0 Å². The number of aromatic amines is 1. The fraction of sp³-hybridized carbons (Fsp3) is 0.0909. The molecule has 5 nitrogen and oxygen atoms in total. The van der Waals surface area contributed by atoms with Gasteiger partial charge in [-0.25, -0.2) is 0 Å². The minimum atomic E-state index is 0.508. The number of nitrogens with zero attached hydrogens (tertiary/aromatic N) is 2. The zero-order valence-corrected chi connectivity index (χ0v) is 14.8. The number of ether oxygens (including phenoxy) is 1. The molecule has 0 spiro atoms. The number of nitrogens with one attached hydrogen (secondary N) is 1. The molecule has 0 aliphatic rings. The molecule has 0 atom stereocenters. The lowest BCUT2D eigenvalue weighted by Gasteiger charge is -2.09. The molecule has 0 aliphatic carbocycles. The van der Waals surface area contributed by atoms with Crippen molar-refractivity contribution in [3.05, 3.63) is 90.4 Å². The summed E-state index contributed by atoms with van der Waals surface area (Å²) in [5.41, 5.74) is 11.9. The van der Waals surface area contributed by atoms with Crippen molar-refractivity contribution < 1.29 is 4.74 Å². The van der Waals surface area contributed by atoms with Crippen LogP contribution in [0.3, 0.4) is 0 Å². The van der Waals surface area contributed by atoms with Crippen molar-refractivity contribution in [2.75, 3.05) is 0 Å². The summed E-state index contributed by atoms with van der Waals surface area (Å²) in [4.78, 5) is 4.08. The minimum absolute atomic E-state index is 0.508. The number of nitrogens with two attached hydrogens (primary N) is 1. The van der Waals surface area contributed by atoms with Gasteiger partial charge in [-0.2, -0.15) is 5.10 Å². The number of aromatic nitrogens is 3. The van der Waals surface area contributed by atoms with Crippen LogP contribution in [0, 0.1) is 0 Å².